The van der Waals surface area contributed by atoms with Crippen molar-refractivity contribution in [1.29, 1.82) is 0 Å². The molecule has 2 aliphatic heterocycles. The zero-order chi connectivity index (χ0) is 12.0. The lowest BCUT2D eigenvalue weighted by atomic mass is 9.86. The number of rotatable bonds is 0. The molecule has 0 amide bonds. The lowest BCUT2D eigenvalue weighted by Gasteiger charge is -2.36. The molecule has 6 nitrogen and oxygen atoms in total. The van der Waals surface area contributed by atoms with Gasteiger partial charge in [0.15, 0.2) is 0 Å². The lowest BCUT2D eigenvalue weighted by molar-refractivity contribution is -0.0763. The Morgan fingerprint density at radius 3 is 2.65 bits per heavy atom. The molecule has 17 heavy (non-hydrogen) atoms. The summed E-state index contributed by atoms with van der Waals surface area (Å²) in [5.74, 6) is 0. The molecule has 0 radical (unpaired) electrons. The van der Waals surface area contributed by atoms with Crippen molar-refractivity contribution in [2.75, 3.05) is 20.1 Å². The highest BCUT2D eigenvalue weighted by molar-refractivity contribution is 5.28. The van der Waals surface area contributed by atoms with Gasteiger partial charge in [-0.25, -0.2) is 4.79 Å². The van der Waals surface area contributed by atoms with Crippen LogP contribution in [0.25, 0.3) is 0 Å². The molecule has 92 valence electrons. The molecule has 3 rings (SSSR count). The molecule has 6 heteroatoms. The molecule has 2 aliphatic rings. The molecule has 0 saturated carbocycles. The first kappa shape index (κ1) is 10.7. The van der Waals surface area contributed by atoms with Gasteiger partial charge in [-0.3, -0.25) is 9.78 Å². The highest BCUT2D eigenvalue weighted by Crippen LogP contribution is 2.40. The molecule has 1 saturated heterocycles. The van der Waals surface area contributed by atoms with Gasteiger partial charge in [-0.1, -0.05) is 0 Å². The molecule has 1 aromatic heterocycles. The highest BCUT2D eigenvalue weighted by atomic mass is 16.5. The van der Waals surface area contributed by atoms with Gasteiger partial charge in [-0.15, -0.1) is 0 Å². The van der Waals surface area contributed by atoms with Gasteiger partial charge in [0.1, 0.15) is 5.60 Å². The molecule has 0 aliphatic carbocycles. The summed E-state index contributed by atoms with van der Waals surface area (Å²) in [6.07, 6.45) is 1.59. The van der Waals surface area contributed by atoms with Gasteiger partial charge in [-0.2, -0.15) is 0 Å². The van der Waals surface area contributed by atoms with Crippen molar-refractivity contribution in [3.8, 4) is 0 Å². The first-order valence-corrected chi connectivity index (χ1v) is 5.79. The van der Waals surface area contributed by atoms with Crippen molar-refractivity contribution in [1.82, 2.24) is 14.9 Å². The fraction of sp³-hybridized carbons (Fsp3) is 0.636. The quantitative estimate of drug-likeness (QED) is 0.638. The van der Waals surface area contributed by atoms with Crippen molar-refractivity contribution in [3.05, 3.63) is 32.1 Å². The number of nitrogens with zero attached hydrogens (tertiary/aromatic N) is 1. The number of likely N-dealkylation sites (tertiary alicyclic amines) is 1. The maximum absolute atomic E-state index is 11.9. The zero-order valence-electron chi connectivity index (χ0n) is 9.71. The van der Waals surface area contributed by atoms with Crippen LogP contribution in [0.15, 0.2) is 9.59 Å². The summed E-state index contributed by atoms with van der Waals surface area (Å²) in [6.45, 7) is 2.13. The minimum atomic E-state index is -0.486. The van der Waals surface area contributed by atoms with E-state index in [0.29, 0.717) is 17.9 Å². The summed E-state index contributed by atoms with van der Waals surface area (Å²) in [7, 11) is 2.06. The Hall–Kier alpha value is -1.40. The smallest absolute Gasteiger partial charge is 0.325 e. The van der Waals surface area contributed by atoms with Gasteiger partial charge < -0.3 is 14.6 Å². The second-order valence-corrected chi connectivity index (χ2v) is 4.85. The predicted molar refractivity (Wildman–Crippen MR) is 60.9 cm³/mol. The van der Waals surface area contributed by atoms with Crippen LogP contribution in [0, 0.1) is 0 Å². The molecule has 0 atom stereocenters. The maximum Gasteiger partial charge on any atom is 0.325 e. The largest absolute Gasteiger partial charge is 0.364 e. The Morgan fingerprint density at radius 1 is 1.24 bits per heavy atom. The molecule has 1 aromatic rings. The molecule has 1 spiro atoms. The van der Waals surface area contributed by atoms with E-state index in [1.54, 1.807) is 0 Å². The highest BCUT2D eigenvalue weighted by Gasteiger charge is 2.44. The number of piperidine rings is 1. The summed E-state index contributed by atoms with van der Waals surface area (Å²) in [5, 5.41) is 0. The monoisotopic (exact) mass is 237 g/mol. The zero-order valence-corrected chi connectivity index (χ0v) is 9.71. The second-order valence-electron chi connectivity index (χ2n) is 4.85. The SMILES string of the molecule is CN1CCC2(CC1)OCc1[nH]c(=O)[nH]c(=O)c12. The van der Waals surface area contributed by atoms with Crippen molar-refractivity contribution in [2.24, 2.45) is 0 Å². The van der Waals surface area contributed by atoms with Crippen LogP contribution in [0.3, 0.4) is 0 Å². The molecule has 0 bridgehead atoms. The average Bonchev–Trinajstić information content (AvgIpc) is 2.62. The number of aromatic nitrogens is 2. The molecule has 1 fully saturated rings. The van der Waals surface area contributed by atoms with E-state index in [4.69, 9.17) is 4.74 Å². The standard InChI is InChI=1S/C11H15N3O3/c1-14-4-2-11(3-5-14)8-7(6-17-11)12-10(16)13-9(8)15/h2-6H2,1H3,(H2,12,13,15,16). The molecule has 3 heterocycles. The fourth-order valence-corrected chi connectivity index (χ4v) is 2.78. The number of hydrogen-bond donors (Lipinski definition) is 2. The van der Waals surface area contributed by atoms with Gasteiger partial charge in [0.25, 0.3) is 5.56 Å². The minimum absolute atomic E-state index is 0.300. The Balaban J connectivity index is 2.10. The lowest BCUT2D eigenvalue weighted by Crippen LogP contribution is -2.44. The number of fused-ring (bicyclic) bond motifs is 2. The summed E-state index contributed by atoms with van der Waals surface area (Å²) < 4.78 is 5.82. The number of nitrogens with one attached hydrogen (secondary N) is 2. The Bertz CT molecular complexity index is 552. The van der Waals surface area contributed by atoms with Gasteiger partial charge in [0.05, 0.1) is 17.9 Å². The van der Waals surface area contributed by atoms with Gasteiger partial charge in [0.2, 0.25) is 0 Å². The van der Waals surface area contributed by atoms with E-state index >= 15 is 0 Å². The first-order chi connectivity index (χ1) is 8.11. The van der Waals surface area contributed by atoms with E-state index < -0.39 is 11.3 Å². The summed E-state index contributed by atoms with van der Waals surface area (Å²) in [6, 6.07) is 0. The van der Waals surface area contributed by atoms with Gasteiger partial charge in [0, 0.05) is 13.1 Å². The number of H-pyrrole nitrogens is 2. The van der Waals surface area contributed by atoms with E-state index in [1.165, 1.54) is 0 Å². The van der Waals surface area contributed by atoms with E-state index in [1.807, 2.05) is 0 Å². The van der Waals surface area contributed by atoms with Crippen LogP contribution in [0.5, 0.6) is 0 Å². The normalized spacial score (nSPS) is 22.9. The van der Waals surface area contributed by atoms with Crippen LogP contribution in [0.1, 0.15) is 24.1 Å². The molecular weight excluding hydrogens is 222 g/mol. The Kier molecular flexibility index (Phi) is 2.24. The van der Waals surface area contributed by atoms with Gasteiger partial charge in [-0.05, 0) is 19.9 Å². The third-order valence-corrected chi connectivity index (χ3v) is 3.76. The van der Waals surface area contributed by atoms with Crippen molar-refractivity contribution in [2.45, 2.75) is 25.0 Å². The van der Waals surface area contributed by atoms with E-state index in [0.717, 1.165) is 25.9 Å². The van der Waals surface area contributed by atoms with Gasteiger partial charge >= 0.3 is 5.69 Å². The van der Waals surface area contributed by atoms with Crippen LogP contribution in [0.2, 0.25) is 0 Å². The van der Waals surface area contributed by atoms with E-state index in [2.05, 4.69) is 21.9 Å². The van der Waals surface area contributed by atoms with Crippen molar-refractivity contribution >= 4 is 0 Å². The number of aromatic amines is 2. The summed E-state index contributed by atoms with van der Waals surface area (Å²) in [4.78, 5) is 30.3. The summed E-state index contributed by atoms with van der Waals surface area (Å²) >= 11 is 0. The molecular formula is C11H15N3O3. The topological polar surface area (TPSA) is 78.2 Å². The second kappa shape index (κ2) is 3.54. The Labute approximate surface area is 97.6 Å². The van der Waals surface area contributed by atoms with Crippen molar-refractivity contribution < 1.29 is 4.74 Å². The molecule has 0 unspecified atom stereocenters. The first-order valence-electron chi connectivity index (χ1n) is 5.79. The minimum Gasteiger partial charge on any atom is -0.364 e. The van der Waals surface area contributed by atoms with Crippen LogP contribution in [-0.2, 0) is 16.9 Å². The fourth-order valence-electron chi connectivity index (χ4n) is 2.78. The third-order valence-electron chi connectivity index (χ3n) is 3.76. The third kappa shape index (κ3) is 1.56. The maximum atomic E-state index is 11.9. The number of hydrogen-bond acceptors (Lipinski definition) is 4. The van der Waals surface area contributed by atoms with Crippen LogP contribution >= 0.6 is 0 Å². The van der Waals surface area contributed by atoms with Crippen molar-refractivity contribution in [3.63, 3.8) is 0 Å². The predicted octanol–water partition coefficient (Wildman–Crippen LogP) is -0.486. The van der Waals surface area contributed by atoms with E-state index in [9.17, 15) is 9.59 Å². The molecule has 0 aromatic carbocycles. The van der Waals surface area contributed by atoms with Crippen LogP contribution in [-0.4, -0.2) is 35.0 Å². The average molecular weight is 237 g/mol. The van der Waals surface area contributed by atoms with Crippen LogP contribution < -0.4 is 11.2 Å². The van der Waals surface area contributed by atoms with E-state index in [-0.39, 0.29) is 5.56 Å². The molecule has 2 N–H and O–H groups in total. The Morgan fingerprint density at radius 2 is 1.94 bits per heavy atom. The van der Waals surface area contributed by atoms with Crippen LogP contribution in [0.4, 0.5) is 0 Å². The number of ether oxygens (including phenoxy) is 1. The summed E-state index contributed by atoms with van der Waals surface area (Å²) in [5.41, 5.74) is 0.0289.